The van der Waals surface area contributed by atoms with E-state index in [1.54, 1.807) is 19.2 Å². The third kappa shape index (κ3) is 3.80. The summed E-state index contributed by atoms with van der Waals surface area (Å²) in [5, 5.41) is 9.66. The van der Waals surface area contributed by atoms with Gasteiger partial charge in [0.05, 0.1) is 19.8 Å². The topological polar surface area (TPSA) is 32.7 Å². The number of ether oxygens (including phenoxy) is 1. The Bertz CT molecular complexity index is 571. The first-order valence-corrected chi connectivity index (χ1v) is 6.84. The van der Waals surface area contributed by atoms with Gasteiger partial charge in [-0.15, -0.1) is 0 Å². The predicted molar refractivity (Wildman–Crippen MR) is 80.7 cm³/mol. The predicted octanol–water partition coefficient (Wildman–Crippen LogP) is 3.00. The fraction of sp³-hybridized carbons (Fsp3) is 0.294. The van der Waals surface area contributed by atoms with Gasteiger partial charge in [0, 0.05) is 12.1 Å². The molecule has 0 aliphatic carbocycles. The van der Waals surface area contributed by atoms with Crippen molar-refractivity contribution in [1.82, 2.24) is 4.90 Å². The zero-order valence-electron chi connectivity index (χ0n) is 12.3. The van der Waals surface area contributed by atoms with Crippen LogP contribution in [0.3, 0.4) is 0 Å². The quantitative estimate of drug-likeness (QED) is 0.887. The van der Waals surface area contributed by atoms with E-state index in [9.17, 15) is 9.50 Å². The van der Waals surface area contributed by atoms with Gasteiger partial charge in [-0.2, -0.15) is 0 Å². The van der Waals surface area contributed by atoms with Crippen molar-refractivity contribution in [2.24, 2.45) is 0 Å². The molecule has 1 atom stereocenters. The second kappa shape index (κ2) is 7.20. The van der Waals surface area contributed by atoms with Crippen LogP contribution in [-0.2, 0) is 6.54 Å². The minimum absolute atomic E-state index is 0.0305. The molecule has 0 bridgehead atoms. The van der Waals surface area contributed by atoms with Crippen LogP contribution in [0.25, 0.3) is 0 Å². The molecule has 3 nitrogen and oxygen atoms in total. The average molecular weight is 289 g/mol. The smallest absolute Gasteiger partial charge is 0.127 e. The summed E-state index contributed by atoms with van der Waals surface area (Å²) in [5.41, 5.74) is 1.59. The van der Waals surface area contributed by atoms with Crippen LogP contribution in [0.1, 0.15) is 17.2 Å². The summed E-state index contributed by atoms with van der Waals surface area (Å²) < 4.78 is 18.8. The lowest BCUT2D eigenvalue weighted by molar-refractivity contribution is 0.141. The summed E-state index contributed by atoms with van der Waals surface area (Å²) in [6.07, 6.45) is 0. The van der Waals surface area contributed by atoms with Crippen molar-refractivity contribution >= 4 is 0 Å². The van der Waals surface area contributed by atoms with Crippen LogP contribution in [-0.4, -0.2) is 30.8 Å². The molecule has 0 aromatic heterocycles. The lowest BCUT2D eigenvalue weighted by Gasteiger charge is -2.27. The highest BCUT2D eigenvalue weighted by Gasteiger charge is 2.17. The molecule has 0 radical (unpaired) electrons. The molecule has 0 heterocycles. The van der Waals surface area contributed by atoms with Gasteiger partial charge in [0.1, 0.15) is 11.6 Å². The third-order valence-corrected chi connectivity index (χ3v) is 3.58. The number of likely N-dealkylation sites (N-methyl/N-ethyl adjacent to an activating group) is 1. The highest BCUT2D eigenvalue weighted by Crippen LogP contribution is 2.23. The van der Waals surface area contributed by atoms with Crippen molar-refractivity contribution in [3.63, 3.8) is 0 Å². The summed E-state index contributed by atoms with van der Waals surface area (Å²) in [6.45, 7) is 0.404. The van der Waals surface area contributed by atoms with Gasteiger partial charge in [0.25, 0.3) is 0 Å². The number of hydrogen-bond acceptors (Lipinski definition) is 3. The summed E-state index contributed by atoms with van der Waals surface area (Å²) in [5.74, 6) is 0.544. The molecule has 0 aliphatic heterocycles. The minimum atomic E-state index is -0.226. The van der Waals surface area contributed by atoms with E-state index in [0.29, 0.717) is 12.1 Å². The van der Waals surface area contributed by atoms with Crippen molar-refractivity contribution in [2.75, 3.05) is 20.8 Å². The number of hydrogen-bond donors (Lipinski definition) is 1. The summed E-state index contributed by atoms with van der Waals surface area (Å²) in [7, 11) is 3.49. The maximum absolute atomic E-state index is 13.7. The number of rotatable bonds is 6. The van der Waals surface area contributed by atoms with Crippen LogP contribution >= 0.6 is 0 Å². The van der Waals surface area contributed by atoms with E-state index >= 15 is 0 Å². The van der Waals surface area contributed by atoms with Crippen LogP contribution < -0.4 is 4.74 Å². The molecule has 2 rings (SSSR count). The first kappa shape index (κ1) is 15.5. The Kier molecular flexibility index (Phi) is 5.31. The Morgan fingerprint density at radius 2 is 1.81 bits per heavy atom. The van der Waals surface area contributed by atoms with Gasteiger partial charge in [-0.05, 0) is 30.8 Å². The van der Waals surface area contributed by atoms with Crippen molar-refractivity contribution in [3.8, 4) is 5.75 Å². The molecule has 1 N–H and O–H groups in total. The van der Waals surface area contributed by atoms with E-state index in [1.807, 2.05) is 42.3 Å². The number of methoxy groups -OCH3 is 1. The number of halogens is 1. The second-order valence-corrected chi connectivity index (χ2v) is 4.98. The van der Waals surface area contributed by atoms with E-state index < -0.39 is 0 Å². The lowest BCUT2D eigenvalue weighted by Crippen LogP contribution is -2.27. The summed E-state index contributed by atoms with van der Waals surface area (Å²) in [4.78, 5) is 1.93. The Hall–Kier alpha value is -1.91. The van der Waals surface area contributed by atoms with E-state index in [2.05, 4.69) is 0 Å². The molecule has 0 saturated carbocycles. The summed E-state index contributed by atoms with van der Waals surface area (Å²) >= 11 is 0. The molecule has 0 amide bonds. The van der Waals surface area contributed by atoms with Gasteiger partial charge < -0.3 is 9.84 Å². The van der Waals surface area contributed by atoms with Crippen LogP contribution in [0.4, 0.5) is 4.39 Å². The largest absolute Gasteiger partial charge is 0.497 e. The van der Waals surface area contributed by atoms with Crippen LogP contribution in [0.2, 0.25) is 0 Å². The molecular weight excluding hydrogens is 269 g/mol. The standard InChI is InChI=1S/C17H20FNO2/c1-19(11-14-5-3-4-6-16(14)18)17(12-20)13-7-9-15(21-2)10-8-13/h3-10,17,20H,11-12H2,1-2H3. The van der Waals surface area contributed by atoms with Gasteiger partial charge >= 0.3 is 0 Å². The lowest BCUT2D eigenvalue weighted by atomic mass is 10.1. The Balaban J connectivity index is 2.14. The molecule has 0 spiro atoms. The normalized spacial score (nSPS) is 12.4. The fourth-order valence-corrected chi connectivity index (χ4v) is 2.33. The molecule has 0 aliphatic rings. The fourth-order valence-electron chi connectivity index (χ4n) is 2.33. The number of aliphatic hydroxyl groups is 1. The summed E-state index contributed by atoms with van der Waals surface area (Å²) in [6, 6.07) is 14.0. The molecule has 0 fully saturated rings. The van der Waals surface area contributed by atoms with E-state index in [4.69, 9.17) is 4.74 Å². The number of benzene rings is 2. The molecule has 112 valence electrons. The van der Waals surface area contributed by atoms with Crippen molar-refractivity contribution < 1.29 is 14.2 Å². The molecular formula is C17H20FNO2. The average Bonchev–Trinajstić information content (AvgIpc) is 2.51. The molecule has 21 heavy (non-hydrogen) atoms. The van der Waals surface area contributed by atoms with Gasteiger partial charge in [0.2, 0.25) is 0 Å². The van der Waals surface area contributed by atoms with Crippen LogP contribution in [0.5, 0.6) is 5.75 Å². The van der Waals surface area contributed by atoms with Crippen molar-refractivity contribution in [1.29, 1.82) is 0 Å². The number of aliphatic hydroxyl groups excluding tert-OH is 1. The highest BCUT2D eigenvalue weighted by molar-refractivity contribution is 5.29. The molecule has 1 unspecified atom stereocenters. The van der Waals surface area contributed by atoms with E-state index in [-0.39, 0.29) is 18.5 Å². The highest BCUT2D eigenvalue weighted by atomic mass is 19.1. The minimum Gasteiger partial charge on any atom is -0.497 e. The first-order valence-electron chi connectivity index (χ1n) is 6.84. The maximum Gasteiger partial charge on any atom is 0.127 e. The third-order valence-electron chi connectivity index (χ3n) is 3.58. The van der Waals surface area contributed by atoms with E-state index in [0.717, 1.165) is 11.3 Å². The van der Waals surface area contributed by atoms with Gasteiger partial charge in [-0.25, -0.2) is 4.39 Å². The molecule has 4 heteroatoms. The zero-order chi connectivity index (χ0) is 15.2. The SMILES string of the molecule is COc1ccc(C(CO)N(C)Cc2ccccc2F)cc1. The Morgan fingerprint density at radius 1 is 1.14 bits per heavy atom. The monoisotopic (exact) mass is 289 g/mol. The van der Waals surface area contributed by atoms with Gasteiger partial charge in [0.15, 0.2) is 0 Å². The first-order chi connectivity index (χ1) is 10.2. The maximum atomic E-state index is 13.7. The number of nitrogens with zero attached hydrogens (tertiary/aromatic N) is 1. The van der Waals surface area contributed by atoms with Crippen LogP contribution in [0, 0.1) is 5.82 Å². The Morgan fingerprint density at radius 3 is 2.38 bits per heavy atom. The van der Waals surface area contributed by atoms with E-state index in [1.165, 1.54) is 6.07 Å². The van der Waals surface area contributed by atoms with Crippen LogP contribution in [0.15, 0.2) is 48.5 Å². The van der Waals surface area contributed by atoms with Gasteiger partial charge in [-0.1, -0.05) is 30.3 Å². The molecule has 0 saturated heterocycles. The van der Waals surface area contributed by atoms with Crippen molar-refractivity contribution in [3.05, 3.63) is 65.5 Å². The zero-order valence-corrected chi connectivity index (χ0v) is 12.3. The molecule has 2 aromatic carbocycles. The Labute approximate surface area is 124 Å². The van der Waals surface area contributed by atoms with Gasteiger partial charge in [-0.3, -0.25) is 4.90 Å². The van der Waals surface area contributed by atoms with Crippen molar-refractivity contribution in [2.45, 2.75) is 12.6 Å². The molecule has 2 aromatic rings. The second-order valence-electron chi connectivity index (χ2n) is 4.98.